The standard InChI is InChI=1S/C31H31NO/c1-24-14-11-12-21-28(24)30(33)29-22-13-23-32(29)31(25-15-5-2-6-16-25,26-17-7-3-8-18-26)27-19-9-4-10-20-27/h2-12,14-21,29-30,33H,13,22-23H2,1H3/t29-,30?/m0/s1. The third-order valence-corrected chi connectivity index (χ3v) is 7.18. The summed E-state index contributed by atoms with van der Waals surface area (Å²) in [5, 5.41) is 11.7. The molecule has 1 unspecified atom stereocenters. The number of rotatable bonds is 6. The lowest BCUT2D eigenvalue weighted by Crippen LogP contribution is -2.52. The molecule has 0 spiro atoms. The van der Waals surface area contributed by atoms with Gasteiger partial charge in [-0.3, -0.25) is 4.90 Å². The Bertz CT molecular complexity index is 1080. The summed E-state index contributed by atoms with van der Waals surface area (Å²) in [7, 11) is 0. The highest BCUT2D eigenvalue weighted by Gasteiger charge is 2.48. The Hall–Kier alpha value is -3.20. The van der Waals surface area contributed by atoms with Gasteiger partial charge in [-0.2, -0.15) is 0 Å². The van der Waals surface area contributed by atoms with Crippen LogP contribution in [0.4, 0.5) is 0 Å². The van der Waals surface area contributed by atoms with Gasteiger partial charge in [-0.15, -0.1) is 0 Å². The molecule has 0 aliphatic carbocycles. The Morgan fingerprint density at radius 3 is 1.64 bits per heavy atom. The highest BCUT2D eigenvalue weighted by molar-refractivity contribution is 5.50. The van der Waals surface area contributed by atoms with E-state index in [-0.39, 0.29) is 6.04 Å². The van der Waals surface area contributed by atoms with Gasteiger partial charge in [-0.1, -0.05) is 115 Å². The summed E-state index contributed by atoms with van der Waals surface area (Å²) in [5.41, 5.74) is 5.36. The van der Waals surface area contributed by atoms with Crippen molar-refractivity contribution in [1.82, 2.24) is 4.90 Å². The normalized spacial score (nSPS) is 17.7. The third kappa shape index (κ3) is 3.80. The predicted molar refractivity (Wildman–Crippen MR) is 135 cm³/mol. The Kier molecular flexibility index (Phi) is 6.13. The maximum Gasteiger partial charge on any atom is 0.0976 e. The second kappa shape index (κ2) is 9.35. The van der Waals surface area contributed by atoms with Crippen LogP contribution in [0.5, 0.6) is 0 Å². The minimum absolute atomic E-state index is 0.00622. The Morgan fingerprint density at radius 1 is 0.697 bits per heavy atom. The van der Waals surface area contributed by atoms with Crippen LogP contribution in [0.15, 0.2) is 115 Å². The quantitative estimate of drug-likeness (QED) is 0.352. The van der Waals surface area contributed by atoms with Crippen molar-refractivity contribution in [2.75, 3.05) is 6.54 Å². The predicted octanol–water partition coefficient (Wildman–Crippen LogP) is 6.48. The number of nitrogens with zero attached hydrogens (tertiary/aromatic N) is 1. The van der Waals surface area contributed by atoms with Crippen molar-refractivity contribution in [1.29, 1.82) is 0 Å². The molecule has 2 atom stereocenters. The SMILES string of the molecule is Cc1ccccc1C(O)[C@@H]1CCCN1C(c1ccccc1)(c1ccccc1)c1ccccc1. The number of benzene rings is 4. The lowest BCUT2D eigenvalue weighted by molar-refractivity contribution is 0.0322. The minimum atomic E-state index is -0.552. The fraction of sp³-hybridized carbons (Fsp3) is 0.226. The molecule has 1 saturated heterocycles. The maximum absolute atomic E-state index is 11.7. The first-order valence-corrected chi connectivity index (χ1v) is 11.9. The van der Waals surface area contributed by atoms with Crippen LogP contribution in [0.1, 0.15) is 46.8 Å². The van der Waals surface area contributed by atoms with Crippen LogP contribution in [0.3, 0.4) is 0 Å². The van der Waals surface area contributed by atoms with Crippen molar-refractivity contribution in [2.45, 2.75) is 37.5 Å². The van der Waals surface area contributed by atoms with Gasteiger partial charge < -0.3 is 5.11 Å². The van der Waals surface area contributed by atoms with Crippen molar-refractivity contribution in [3.63, 3.8) is 0 Å². The zero-order valence-electron chi connectivity index (χ0n) is 19.1. The number of hydrogen-bond donors (Lipinski definition) is 1. The van der Waals surface area contributed by atoms with Gasteiger partial charge in [0.05, 0.1) is 11.6 Å². The molecule has 4 aromatic carbocycles. The smallest absolute Gasteiger partial charge is 0.0976 e. The van der Waals surface area contributed by atoms with Crippen molar-refractivity contribution in [2.24, 2.45) is 0 Å². The average molecular weight is 434 g/mol. The highest BCUT2D eigenvalue weighted by Crippen LogP contribution is 2.48. The summed E-state index contributed by atoms with van der Waals surface area (Å²) in [6.45, 7) is 3.02. The van der Waals surface area contributed by atoms with E-state index in [0.29, 0.717) is 0 Å². The molecule has 33 heavy (non-hydrogen) atoms. The molecule has 1 fully saturated rings. The van der Waals surface area contributed by atoms with Crippen LogP contribution >= 0.6 is 0 Å². The van der Waals surface area contributed by atoms with Gasteiger partial charge >= 0.3 is 0 Å². The summed E-state index contributed by atoms with van der Waals surface area (Å²) in [4.78, 5) is 2.56. The molecular formula is C31H31NO. The van der Waals surface area contributed by atoms with Crippen LogP contribution < -0.4 is 0 Å². The summed E-state index contributed by atoms with van der Waals surface area (Å²) in [6.07, 6.45) is 1.47. The van der Waals surface area contributed by atoms with Gasteiger partial charge in [0, 0.05) is 12.6 Å². The van der Waals surface area contributed by atoms with E-state index in [9.17, 15) is 5.11 Å². The van der Waals surface area contributed by atoms with Crippen LogP contribution in [-0.2, 0) is 5.54 Å². The van der Waals surface area contributed by atoms with Crippen LogP contribution in [0.25, 0.3) is 0 Å². The fourth-order valence-electron chi connectivity index (χ4n) is 5.70. The van der Waals surface area contributed by atoms with E-state index in [1.54, 1.807) is 0 Å². The molecule has 2 heteroatoms. The van der Waals surface area contributed by atoms with Gasteiger partial charge in [0.15, 0.2) is 0 Å². The molecule has 0 aromatic heterocycles. The van der Waals surface area contributed by atoms with E-state index in [1.165, 1.54) is 16.7 Å². The van der Waals surface area contributed by atoms with E-state index in [2.05, 4.69) is 115 Å². The molecule has 1 aliphatic rings. The van der Waals surface area contributed by atoms with Crippen molar-refractivity contribution >= 4 is 0 Å². The van der Waals surface area contributed by atoms with Gasteiger partial charge in [0.25, 0.3) is 0 Å². The molecule has 0 bridgehead atoms. The molecule has 0 radical (unpaired) electrons. The molecule has 0 saturated carbocycles. The van der Waals surface area contributed by atoms with Crippen molar-refractivity contribution < 1.29 is 5.11 Å². The van der Waals surface area contributed by atoms with Gasteiger partial charge in [0.1, 0.15) is 0 Å². The van der Waals surface area contributed by atoms with Crippen LogP contribution in [0.2, 0.25) is 0 Å². The van der Waals surface area contributed by atoms with E-state index in [4.69, 9.17) is 0 Å². The number of aryl methyl sites for hydroxylation is 1. The van der Waals surface area contributed by atoms with E-state index < -0.39 is 11.6 Å². The van der Waals surface area contributed by atoms with Gasteiger partial charge in [0.2, 0.25) is 0 Å². The number of aliphatic hydroxyl groups is 1. The highest BCUT2D eigenvalue weighted by atomic mass is 16.3. The summed E-state index contributed by atoms with van der Waals surface area (Å²) in [5.74, 6) is 0. The molecular weight excluding hydrogens is 402 g/mol. The van der Waals surface area contributed by atoms with Gasteiger partial charge in [-0.25, -0.2) is 0 Å². The number of hydrogen-bond acceptors (Lipinski definition) is 2. The lowest BCUT2D eigenvalue weighted by atomic mass is 9.74. The Balaban J connectivity index is 1.74. The van der Waals surface area contributed by atoms with E-state index in [0.717, 1.165) is 30.5 Å². The van der Waals surface area contributed by atoms with Gasteiger partial charge in [-0.05, 0) is 47.6 Å². The Morgan fingerprint density at radius 2 is 1.15 bits per heavy atom. The van der Waals surface area contributed by atoms with E-state index >= 15 is 0 Å². The molecule has 1 aliphatic heterocycles. The first-order valence-electron chi connectivity index (χ1n) is 11.9. The van der Waals surface area contributed by atoms with Crippen molar-refractivity contribution in [3.05, 3.63) is 143 Å². The molecule has 1 N–H and O–H groups in total. The van der Waals surface area contributed by atoms with Crippen LogP contribution in [0, 0.1) is 6.92 Å². The third-order valence-electron chi connectivity index (χ3n) is 7.18. The lowest BCUT2D eigenvalue weighted by Gasteiger charge is -2.47. The summed E-state index contributed by atoms with van der Waals surface area (Å²) >= 11 is 0. The number of aliphatic hydroxyl groups excluding tert-OH is 1. The Labute approximate surface area is 197 Å². The second-order valence-electron chi connectivity index (χ2n) is 9.01. The van der Waals surface area contributed by atoms with E-state index in [1.807, 2.05) is 12.1 Å². The topological polar surface area (TPSA) is 23.5 Å². The zero-order valence-corrected chi connectivity index (χ0v) is 19.1. The largest absolute Gasteiger partial charge is 0.387 e. The zero-order chi connectivity index (χ0) is 22.7. The molecule has 5 rings (SSSR count). The minimum Gasteiger partial charge on any atom is -0.387 e. The summed E-state index contributed by atoms with van der Waals surface area (Å²) in [6, 6.07) is 40.6. The molecule has 2 nitrogen and oxygen atoms in total. The van der Waals surface area contributed by atoms with Crippen molar-refractivity contribution in [3.8, 4) is 0 Å². The average Bonchev–Trinajstić information content (AvgIpc) is 3.37. The summed E-state index contributed by atoms with van der Waals surface area (Å²) < 4.78 is 0. The first kappa shape index (κ1) is 21.6. The molecule has 1 heterocycles. The monoisotopic (exact) mass is 433 g/mol. The van der Waals surface area contributed by atoms with Crippen LogP contribution in [-0.4, -0.2) is 22.6 Å². The first-order chi connectivity index (χ1) is 16.2. The number of likely N-dealkylation sites (tertiary alicyclic amines) is 1. The molecule has 0 amide bonds. The fourth-order valence-corrected chi connectivity index (χ4v) is 5.70. The molecule has 4 aromatic rings. The second-order valence-corrected chi connectivity index (χ2v) is 9.01. The molecule has 166 valence electrons. The maximum atomic E-state index is 11.7.